The predicted octanol–water partition coefficient (Wildman–Crippen LogP) is 2.51. The van der Waals surface area contributed by atoms with Gasteiger partial charge in [0.1, 0.15) is 5.82 Å². The monoisotopic (exact) mass is 285 g/mol. The molecule has 0 heterocycles. The first-order valence-corrected chi connectivity index (χ1v) is 7.50. The maximum Gasteiger partial charge on any atom is 0.230 e. The molecule has 1 aromatic rings. The van der Waals surface area contributed by atoms with E-state index in [1.165, 1.54) is 24.3 Å². The minimum absolute atomic E-state index is 0.0906. The molecule has 3 nitrogen and oxygen atoms in total. The highest BCUT2D eigenvalue weighted by atomic mass is 32.2. The lowest BCUT2D eigenvalue weighted by atomic mass is 10.0. The zero-order chi connectivity index (χ0) is 14.3. The van der Waals surface area contributed by atoms with E-state index in [-0.39, 0.29) is 11.7 Å². The molecule has 0 aromatic heterocycles. The summed E-state index contributed by atoms with van der Waals surface area (Å²) in [5.74, 6) is 0.909. The fraction of sp³-hybridized carbons (Fsp3) is 0.500. The third kappa shape index (κ3) is 5.61. The van der Waals surface area contributed by atoms with Crippen molar-refractivity contribution >= 4 is 17.7 Å². The molecule has 0 saturated carbocycles. The molecule has 5 heteroatoms. The van der Waals surface area contributed by atoms with Crippen LogP contribution < -0.4 is 5.32 Å². The van der Waals surface area contributed by atoms with E-state index in [1.54, 1.807) is 18.7 Å². The molecule has 1 aromatic carbocycles. The van der Waals surface area contributed by atoms with Crippen LogP contribution in [0.4, 0.5) is 4.39 Å². The Kier molecular flexibility index (Phi) is 6.87. The number of rotatable bonds is 7. The van der Waals surface area contributed by atoms with Crippen molar-refractivity contribution in [3.05, 3.63) is 35.6 Å². The number of hydrogen-bond donors (Lipinski definition) is 2. The number of aliphatic hydroxyl groups is 1. The van der Waals surface area contributed by atoms with Crippen LogP contribution in [0.15, 0.2) is 24.3 Å². The summed E-state index contributed by atoms with van der Waals surface area (Å²) in [5, 5.41) is 12.8. The lowest BCUT2D eigenvalue weighted by Gasteiger charge is -2.20. The Morgan fingerprint density at radius 1 is 1.42 bits per heavy atom. The van der Waals surface area contributed by atoms with E-state index in [4.69, 9.17) is 0 Å². The summed E-state index contributed by atoms with van der Waals surface area (Å²) in [6.45, 7) is 3.79. The first kappa shape index (κ1) is 16.0. The van der Waals surface area contributed by atoms with E-state index < -0.39 is 12.1 Å². The van der Waals surface area contributed by atoms with E-state index in [1.807, 2.05) is 0 Å². The van der Waals surface area contributed by atoms with Crippen molar-refractivity contribution in [2.45, 2.75) is 32.4 Å². The van der Waals surface area contributed by atoms with Crippen LogP contribution in [-0.4, -0.2) is 28.6 Å². The number of carbonyl (C=O) groups excluding carboxylic acids is 1. The van der Waals surface area contributed by atoms with E-state index in [0.717, 1.165) is 12.2 Å². The normalized spacial score (nSPS) is 13.9. The Bertz CT molecular complexity index is 397. The number of amides is 1. The number of hydrogen-bond acceptors (Lipinski definition) is 3. The van der Waals surface area contributed by atoms with Gasteiger partial charge >= 0.3 is 0 Å². The summed E-state index contributed by atoms with van der Waals surface area (Å²) < 4.78 is 12.8. The van der Waals surface area contributed by atoms with Gasteiger partial charge in [-0.25, -0.2) is 4.39 Å². The molecule has 2 atom stereocenters. The Morgan fingerprint density at radius 2 is 2.05 bits per heavy atom. The van der Waals surface area contributed by atoms with Crippen molar-refractivity contribution < 1.29 is 14.3 Å². The van der Waals surface area contributed by atoms with E-state index in [0.29, 0.717) is 11.3 Å². The lowest BCUT2D eigenvalue weighted by molar-refractivity contribution is -0.119. The molecule has 0 aliphatic carbocycles. The second-order valence-corrected chi connectivity index (χ2v) is 5.51. The molecule has 2 unspecified atom stereocenters. The van der Waals surface area contributed by atoms with Crippen LogP contribution in [-0.2, 0) is 4.79 Å². The maximum atomic E-state index is 12.8. The average molecular weight is 285 g/mol. The van der Waals surface area contributed by atoms with Gasteiger partial charge in [0.2, 0.25) is 5.91 Å². The second kappa shape index (κ2) is 8.17. The van der Waals surface area contributed by atoms with Crippen molar-refractivity contribution in [2.24, 2.45) is 0 Å². The predicted molar refractivity (Wildman–Crippen MR) is 76.6 cm³/mol. The highest BCUT2D eigenvalue weighted by molar-refractivity contribution is 7.99. The van der Waals surface area contributed by atoms with Gasteiger partial charge in [0.25, 0.3) is 0 Å². The van der Waals surface area contributed by atoms with E-state index in [9.17, 15) is 14.3 Å². The van der Waals surface area contributed by atoms with Gasteiger partial charge < -0.3 is 10.4 Å². The molecule has 106 valence electrons. The molecule has 0 aliphatic heterocycles. The Hall–Kier alpha value is -1.07. The number of benzene rings is 1. The topological polar surface area (TPSA) is 49.3 Å². The quantitative estimate of drug-likeness (QED) is 0.757. The fourth-order valence-electron chi connectivity index (χ4n) is 1.63. The molecule has 19 heavy (non-hydrogen) atoms. The van der Waals surface area contributed by atoms with Crippen LogP contribution in [0.1, 0.15) is 31.9 Å². The SMILES string of the molecule is CCCSCC(=O)NC(C)C(O)c1ccc(F)cc1. The Balaban J connectivity index is 2.46. The van der Waals surface area contributed by atoms with Gasteiger partial charge in [0.05, 0.1) is 17.9 Å². The molecule has 0 saturated heterocycles. The van der Waals surface area contributed by atoms with Crippen LogP contribution >= 0.6 is 11.8 Å². The first-order chi connectivity index (χ1) is 9.04. The minimum Gasteiger partial charge on any atom is -0.386 e. The highest BCUT2D eigenvalue weighted by Crippen LogP contribution is 2.17. The van der Waals surface area contributed by atoms with Crippen molar-refractivity contribution in [1.29, 1.82) is 0 Å². The van der Waals surface area contributed by atoms with E-state index >= 15 is 0 Å². The Morgan fingerprint density at radius 3 is 2.63 bits per heavy atom. The molecule has 1 amide bonds. The summed E-state index contributed by atoms with van der Waals surface area (Å²) in [6, 6.07) is 5.23. The average Bonchev–Trinajstić information content (AvgIpc) is 2.39. The van der Waals surface area contributed by atoms with Crippen LogP contribution in [0.25, 0.3) is 0 Å². The van der Waals surface area contributed by atoms with Gasteiger partial charge in [-0.05, 0) is 36.8 Å². The van der Waals surface area contributed by atoms with Crippen LogP contribution in [0, 0.1) is 5.82 Å². The van der Waals surface area contributed by atoms with Crippen molar-refractivity contribution in [3.8, 4) is 0 Å². The second-order valence-electron chi connectivity index (χ2n) is 4.41. The van der Waals surface area contributed by atoms with Gasteiger partial charge in [-0.1, -0.05) is 19.1 Å². The van der Waals surface area contributed by atoms with Crippen molar-refractivity contribution in [2.75, 3.05) is 11.5 Å². The third-order valence-electron chi connectivity index (χ3n) is 2.66. The van der Waals surface area contributed by atoms with Crippen LogP contribution in [0.5, 0.6) is 0 Å². The number of thioether (sulfide) groups is 1. The standard InChI is InChI=1S/C14H20FNO2S/c1-3-8-19-9-13(17)16-10(2)14(18)11-4-6-12(15)7-5-11/h4-7,10,14,18H,3,8-9H2,1-2H3,(H,16,17). The molecule has 2 N–H and O–H groups in total. The highest BCUT2D eigenvalue weighted by Gasteiger charge is 2.18. The Labute approximate surface area is 117 Å². The number of carbonyl (C=O) groups is 1. The third-order valence-corrected chi connectivity index (χ3v) is 3.82. The largest absolute Gasteiger partial charge is 0.386 e. The number of halogens is 1. The molecule has 0 radical (unpaired) electrons. The summed E-state index contributed by atoms with van der Waals surface area (Å²) in [5.41, 5.74) is 0.593. The zero-order valence-electron chi connectivity index (χ0n) is 11.2. The summed E-state index contributed by atoms with van der Waals surface area (Å²) in [6.07, 6.45) is 0.201. The van der Waals surface area contributed by atoms with Crippen LogP contribution in [0.3, 0.4) is 0 Å². The van der Waals surface area contributed by atoms with Gasteiger partial charge in [0, 0.05) is 0 Å². The minimum atomic E-state index is -0.833. The zero-order valence-corrected chi connectivity index (χ0v) is 12.0. The van der Waals surface area contributed by atoms with Gasteiger partial charge in [0.15, 0.2) is 0 Å². The maximum absolute atomic E-state index is 12.8. The van der Waals surface area contributed by atoms with E-state index in [2.05, 4.69) is 12.2 Å². The molecular formula is C14H20FNO2S. The van der Waals surface area contributed by atoms with Crippen molar-refractivity contribution in [3.63, 3.8) is 0 Å². The smallest absolute Gasteiger partial charge is 0.230 e. The van der Waals surface area contributed by atoms with Gasteiger partial charge in [-0.3, -0.25) is 4.79 Å². The van der Waals surface area contributed by atoms with Crippen molar-refractivity contribution in [1.82, 2.24) is 5.32 Å². The van der Waals surface area contributed by atoms with Gasteiger partial charge in [-0.2, -0.15) is 11.8 Å². The molecule has 0 bridgehead atoms. The molecule has 0 aliphatic rings. The molecule has 0 fully saturated rings. The number of nitrogens with one attached hydrogen (secondary N) is 1. The summed E-state index contributed by atoms with van der Waals surface area (Å²) in [4.78, 5) is 11.6. The molecule has 1 rings (SSSR count). The summed E-state index contributed by atoms with van der Waals surface area (Å²) in [7, 11) is 0. The summed E-state index contributed by atoms with van der Waals surface area (Å²) >= 11 is 1.57. The van der Waals surface area contributed by atoms with Crippen LogP contribution in [0.2, 0.25) is 0 Å². The van der Waals surface area contributed by atoms with Gasteiger partial charge in [-0.15, -0.1) is 0 Å². The lowest BCUT2D eigenvalue weighted by Crippen LogP contribution is -2.38. The first-order valence-electron chi connectivity index (χ1n) is 6.35. The number of aliphatic hydroxyl groups excluding tert-OH is 1. The fourth-order valence-corrected chi connectivity index (χ4v) is 2.33. The molecular weight excluding hydrogens is 265 g/mol. The molecule has 0 spiro atoms.